The van der Waals surface area contributed by atoms with Crippen LogP contribution in [0.15, 0.2) is 34.3 Å². The van der Waals surface area contributed by atoms with Gasteiger partial charge in [0.05, 0.1) is 19.0 Å². The van der Waals surface area contributed by atoms with E-state index in [0.29, 0.717) is 17.0 Å². The van der Waals surface area contributed by atoms with Gasteiger partial charge in [-0.25, -0.2) is 5.10 Å². The van der Waals surface area contributed by atoms with Crippen LogP contribution in [0.25, 0.3) is 0 Å². The lowest BCUT2D eigenvalue weighted by atomic mass is 10.1. The number of benzene rings is 1. The number of methoxy groups -OCH3 is 1. The van der Waals surface area contributed by atoms with Crippen LogP contribution in [0, 0.1) is 0 Å². The molecular formula is C13H13ClN4O3. The largest absolute Gasteiger partial charge is 0.507 e. The molecule has 1 aromatic heterocycles. The lowest BCUT2D eigenvalue weighted by Crippen LogP contribution is -2.10. The van der Waals surface area contributed by atoms with E-state index >= 15 is 0 Å². The Morgan fingerprint density at radius 1 is 1.52 bits per heavy atom. The second kappa shape index (κ2) is 6.27. The Morgan fingerprint density at radius 2 is 2.29 bits per heavy atom. The highest BCUT2D eigenvalue weighted by atomic mass is 35.5. The van der Waals surface area contributed by atoms with Gasteiger partial charge in [-0.1, -0.05) is 11.6 Å². The average Bonchev–Trinajstić information content (AvgIpc) is 2.48. The number of hydrogen-bond donors (Lipinski definition) is 3. The number of phenolic OH excluding ortho intramolecular Hbond substituents is 1. The van der Waals surface area contributed by atoms with Crippen molar-refractivity contribution in [2.45, 2.75) is 6.92 Å². The van der Waals surface area contributed by atoms with Crippen molar-refractivity contribution in [2.24, 2.45) is 5.10 Å². The van der Waals surface area contributed by atoms with E-state index in [1.54, 1.807) is 19.1 Å². The van der Waals surface area contributed by atoms with Crippen molar-refractivity contribution in [3.63, 3.8) is 0 Å². The van der Waals surface area contributed by atoms with E-state index in [1.807, 2.05) is 0 Å². The molecule has 0 spiro atoms. The second-order valence-corrected chi connectivity index (χ2v) is 4.50. The Hall–Kier alpha value is -2.54. The summed E-state index contributed by atoms with van der Waals surface area (Å²) in [5, 5.41) is 19.8. The highest BCUT2D eigenvalue weighted by Crippen LogP contribution is 2.24. The van der Waals surface area contributed by atoms with Crippen molar-refractivity contribution in [1.82, 2.24) is 10.2 Å². The summed E-state index contributed by atoms with van der Waals surface area (Å²) in [6, 6.07) is 4.86. The maximum atomic E-state index is 11.3. The predicted molar refractivity (Wildman–Crippen MR) is 80.4 cm³/mol. The number of H-pyrrole nitrogens is 1. The molecule has 0 aliphatic heterocycles. The summed E-state index contributed by atoms with van der Waals surface area (Å²) in [7, 11) is 1.51. The maximum absolute atomic E-state index is 11.3. The second-order valence-electron chi connectivity index (χ2n) is 4.12. The average molecular weight is 309 g/mol. The fourth-order valence-corrected chi connectivity index (χ4v) is 1.74. The lowest BCUT2D eigenvalue weighted by Gasteiger charge is -2.07. The van der Waals surface area contributed by atoms with Gasteiger partial charge in [-0.15, -0.1) is 0 Å². The molecule has 110 valence electrons. The van der Waals surface area contributed by atoms with Crippen LogP contribution < -0.4 is 15.7 Å². The molecule has 0 bridgehead atoms. The summed E-state index contributed by atoms with van der Waals surface area (Å²) >= 11 is 5.81. The Morgan fingerprint density at radius 3 is 2.95 bits per heavy atom. The first kappa shape index (κ1) is 14.9. The first-order valence-corrected chi connectivity index (χ1v) is 6.31. The monoisotopic (exact) mass is 308 g/mol. The summed E-state index contributed by atoms with van der Waals surface area (Å²) in [5.41, 5.74) is 3.43. The maximum Gasteiger partial charge on any atom is 0.285 e. The zero-order chi connectivity index (χ0) is 15.4. The topological polar surface area (TPSA) is 99.6 Å². The molecule has 0 saturated heterocycles. The van der Waals surface area contributed by atoms with E-state index in [1.165, 1.54) is 19.4 Å². The molecule has 0 aliphatic carbocycles. The van der Waals surface area contributed by atoms with Gasteiger partial charge in [-0.2, -0.15) is 10.2 Å². The van der Waals surface area contributed by atoms with Crippen LogP contribution in [-0.2, 0) is 0 Å². The predicted octanol–water partition coefficient (Wildman–Crippen LogP) is 1.97. The Kier molecular flexibility index (Phi) is 4.44. The first-order chi connectivity index (χ1) is 10.0. The molecule has 0 fully saturated rings. The number of phenols is 1. The van der Waals surface area contributed by atoms with Gasteiger partial charge in [0.1, 0.15) is 22.2 Å². The molecule has 8 heteroatoms. The molecule has 1 aromatic carbocycles. The van der Waals surface area contributed by atoms with Crippen molar-refractivity contribution in [1.29, 1.82) is 0 Å². The van der Waals surface area contributed by atoms with Gasteiger partial charge >= 0.3 is 0 Å². The number of aromatic nitrogens is 2. The molecule has 0 unspecified atom stereocenters. The molecule has 0 atom stereocenters. The molecule has 2 aromatic rings. The number of rotatable bonds is 4. The minimum Gasteiger partial charge on any atom is -0.507 e. The van der Waals surface area contributed by atoms with Gasteiger partial charge < -0.3 is 9.84 Å². The van der Waals surface area contributed by atoms with Gasteiger partial charge in [0, 0.05) is 11.6 Å². The standard InChI is InChI=1S/C13H13ClN4O3/c1-7(9-4-3-8(21-2)5-11(9)19)16-17-10-6-15-18-13(20)12(10)14/h3-6,19H,1-2H3,(H2,17,18,20)/b16-7+. The minimum absolute atomic E-state index is 0.0348. The summed E-state index contributed by atoms with van der Waals surface area (Å²) in [6.45, 7) is 1.70. The van der Waals surface area contributed by atoms with Gasteiger partial charge in [0.2, 0.25) is 0 Å². The number of hydrazone groups is 1. The van der Waals surface area contributed by atoms with Crippen LogP contribution in [0.5, 0.6) is 11.5 Å². The zero-order valence-electron chi connectivity index (χ0n) is 11.3. The van der Waals surface area contributed by atoms with Crippen molar-refractivity contribution in [3.05, 3.63) is 45.3 Å². The van der Waals surface area contributed by atoms with Gasteiger partial charge in [0.15, 0.2) is 0 Å². The van der Waals surface area contributed by atoms with Crippen LogP contribution in [0.1, 0.15) is 12.5 Å². The first-order valence-electron chi connectivity index (χ1n) is 5.93. The molecule has 21 heavy (non-hydrogen) atoms. The molecule has 0 radical (unpaired) electrons. The fourth-order valence-electron chi connectivity index (χ4n) is 1.61. The van der Waals surface area contributed by atoms with E-state index in [4.69, 9.17) is 16.3 Å². The normalized spacial score (nSPS) is 11.3. The van der Waals surface area contributed by atoms with E-state index in [-0.39, 0.29) is 16.5 Å². The van der Waals surface area contributed by atoms with Crippen LogP contribution >= 0.6 is 11.6 Å². The number of halogens is 1. The summed E-state index contributed by atoms with van der Waals surface area (Å²) in [4.78, 5) is 11.3. The van der Waals surface area contributed by atoms with Crippen molar-refractivity contribution in [3.8, 4) is 11.5 Å². The van der Waals surface area contributed by atoms with Crippen LogP contribution in [0.2, 0.25) is 5.02 Å². The van der Waals surface area contributed by atoms with Gasteiger partial charge in [0.25, 0.3) is 5.56 Å². The molecule has 0 aliphatic rings. The Labute approximate surface area is 125 Å². The fraction of sp³-hybridized carbons (Fsp3) is 0.154. The number of nitrogens with zero attached hydrogens (tertiary/aromatic N) is 2. The number of hydrogen-bond acceptors (Lipinski definition) is 6. The third-order valence-corrected chi connectivity index (χ3v) is 3.11. The summed E-state index contributed by atoms with van der Waals surface area (Å²) in [6.07, 6.45) is 1.34. The lowest BCUT2D eigenvalue weighted by molar-refractivity contribution is 0.407. The van der Waals surface area contributed by atoms with Gasteiger partial charge in [-0.05, 0) is 19.1 Å². The molecule has 3 N–H and O–H groups in total. The van der Waals surface area contributed by atoms with E-state index < -0.39 is 5.56 Å². The summed E-state index contributed by atoms with van der Waals surface area (Å²) < 4.78 is 5.01. The molecule has 0 amide bonds. The SMILES string of the molecule is COc1ccc(/C(C)=N/Nc2cn[nH]c(=O)c2Cl)c(O)c1. The molecular weight excluding hydrogens is 296 g/mol. The van der Waals surface area contributed by atoms with E-state index in [0.717, 1.165) is 0 Å². The Balaban J connectivity index is 2.25. The number of nitrogens with one attached hydrogen (secondary N) is 2. The number of anilines is 1. The summed E-state index contributed by atoms with van der Waals surface area (Å²) in [5.74, 6) is 0.575. The van der Waals surface area contributed by atoms with Gasteiger partial charge in [-0.3, -0.25) is 10.2 Å². The number of aromatic amines is 1. The number of ether oxygens (including phenoxy) is 1. The van der Waals surface area contributed by atoms with E-state index in [9.17, 15) is 9.90 Å². The molecule has 1 heterocycles. The molecule has 2 rings (SSSR count). The highest BCUT2D eigenvalue weighted by Gasteiger charge is 2.08. The third kappa shape index (κ3) is 3.32. The Bertz CT molecular complexity index is 742. The minimum atomic E-state index is -0.512. The molecule has 0 saturated carbocycles. The van der Waals surface area contributed by atoms with Crippen LogP contribution in [0.4, 0.5) is 5.69 Å². The number of aromatic hydroxyl groups is 1. The highest BCUT2D eigenvalue weighted by molar-refractivity contribution is 6.32. The van der Waals surface area contributed by atoms with Crippen molar-refractivity contribution >= 4 is 23.0 Å². The quantitative estimate of drug-likeness (QED) is 0.592. The smallest absolute Gasteiger partial charge is 0.285 e. The molecule has 7 nitrogen and oxygen atoms in total. The van der Waals surface area contributed by atoms with Crippen molar-refractivity contribution < 1.29 is 9.84 Å². The zero-order valence-corrected chi connectivity index (χ0v) is 12.1. The van der Waals surface area contributed by atoms with Crippen LogP contribution in [-0.4, -0.2) is 28.1 Å². The third-order valence-electron chi connectivity index (χ3n) is 2.73. The van der Waals surface area contributed by atoms with E-state index in [2.05, 4.69) is 20.7 Å². The van der Waals surface area contributed by atoms with Crippen molar-refractivity contribution in [2.75, 3.05) is 12.5 Å². The van der Waals surface area contributed by atoms with Crippen LogP contribution in [0.3, 0.4) is 0 Å².